The zero-order valence-electron chi connectivity index (χ0n) is 20.1. The highest BCUT2D eigenvalue weighted by Gasteiger charge is 2.28. The molecule has 1 N–H and O–H groups in total. The Morgan fingerprint density at radius 1 is 1.03 bits per heavy atom. The number of ketones is 1. The largest absolute Gasteiger partial charge is 0.462 e. The van der Waals surface area contributed by atoms with Crippen LogP contribution in [-0.4, -0.2) is 58.6 Å². The van der Waals surface area contributed by atoms with Crippen LogP contribution in [0.4, 0.5) is 5.82 Å². The Labute approximate surface area is 204 Å². The summed E-state index contributed by atoms with van der Waals surface area (Å²) >= 11 is 0. The van der Waals surface area contributed by atoms with Gasteiger partial charge < -0.3 is 10.1 Å². The maximum absolute atomic E-state index is 13.0. The second-order valence-electron chi connectivity index (χ2n) is 8.70. The average Bonchev–Trinajstić information content (AvgIpc) is 3.28. The Balaban J connectivity index is 1.40. The van der Waals surface area contributed by atoms with Gasteiger partial charge >= 0.3 is 5.97 Å². The summed E-state index contributed by atoms with van der Waals surface area (Å²) in [6.45, 7) is 5.41. The number of aromatic nitrogens is 2. The summed E-state index contributed by atoms with van der Waals surface area (Å²) in [6, 6.07) is 17.0. The third-order valence-corrected chi connectivity index (χ3v) is 6.18. The fourth-order valence-electron chi connectivity index (χ4n) is 4.27. The summed E-state index contributed by atoms with van der Waals surface area (Å²) in [5, 5.41) is 7.16. The average molecular weight is 475 g/mol. The van der Waals surface area contributed by atoms with Crippen molar-refractivity contribution in [2.45, 2.75) is 26.7 Å². The highest BCUT2D eigenvalue weighted by Crippen LogP contribution is 2.24. The Morgan fingerprint density at radius 2 is 1.71 bits per heavy atom. The number of anilines is 1. The molecule has 35 heavy (non-hydrogen) atoms. The van der Waals surface area contributed by atoms with Gasteiger partial charge in [-0.2, -0.15) is 5.10 Å². The zero-order chi connectivity index (χ0) is 24.8. The molecule has 0 spiro atoms. The van der Waals surface area contributed by atoms with Gasteiger partial charge in [-0.25, -0.2) is 9.48 Å². The Kier molecular flexibility index (Phi) is 7.72. The van der Waals surface area contributed by atoms with Crippen LogP contribution in [0.3, 0.4) is 0 Å². The molecule has 0 bridgehead atoms. The normalized spacial score (nSPS) is 14.5. The molecule has 1 saturated heterocycles. The molecule has 182 valence electrons. The number of aryl methyl sites for hydroxylation is 1. The van der Waals surface area contributed by atoms with Crippen molar-refractivity contribution < 1.29 is 19.1 Å². The van der Waals surface area contributed by atoms with E-state index in [0.717, 1.165) is 11.1 Å². The summed E-state index contributed by atoms with van der Waals surface area (Å²) in [4.78, 5) is 40.3. The SMILES string of the molecule is CCOC(=O)c1cnn(-c2ccccc2)c1NC(=O)CN1CCC(C(=O)c2ccc(C)cc2)CC1. The molecule has 2 heterocycles. The van der Waals surface area contributed by atoms with Gasteiger partial charge in [-0.15, -0.1) is 0 Å². The van der Waals surface area contributed by atoms with Crippen LogP contribution in [0.15, 0.2) is 60.8 Å². The summed E-state index contributed by atoms with van der Waals surface area (Å²) in [6.07, 6.45) is 2.81. The molecule has 3 aromatic rings. The van der Waals surface area contributed by atoms with E-state index in [2.05, 4.69) is 10.4 Å². The van der Waals surface area contributed by atoms with Crippen LogP contribution >= 0.6 is 0 Å². The molecule has 0 atom stereocenters. The molecule has 4 rings (SSSR count). The number of benzene rings is 2. The number of Topliss-reactive ketones (excluding diaryl/α,β-unsaturated/α-hetero) is 1. The van der Waals surface area contributed by atoms with Gasteiger partial charge in [0.2, 0.25) is 5.91 Å². The third-order valence-electron chi connectivity index (χ3n) is 6.18. The number of hydrogen-bond acceptors (Lipinski definition) is 6. The van der Waals surface area contributed by atoms with Crippen LogP contribution in [0.5, 0.6) is 0 Å². The molecular weight excluding hydrogens is 444 g/mol. The molecule has 8 heteroatoms. The number of para-hydroxylation sites is 1. The van der Waals surface area contributed by atoms with Gasteiger partial charge in [0.1, 0.15) is 5.56 Å². The lowest BCUT2D eigenvalue weighted by Gasteiger charge is -2.30. The van der Waals surface area contributed by atoms with Crippen molar-refractivity contribution in [1.29, 1.82) is 0 Å². The fraction of sp³-hybridized carbons (Fsp3) is 0.333. The lowest BCUT2D eigenvalue weighted by atomic mass is 9.88. The number of esters is 1. The van der Waals surface area contributed by atoms with Gasteiger partial charge in [0.05, 0.1) is 25.0 Å². The molecule has 8 nitrogen and oxygen atoms in total. The van der Waals surface area contributed by atoms with Crippen LogP contribution in [-0.2, 0) is 9.53 Å². The van der Waals surface area contributed by atoms with Gasteiger partial charge in [0.25, 0.3) is 0 Å². The smallest absolute Gasteiger partial charge is 0.343 e. The molecule has 1 aliphatic rings. The molecule has 1 aliphatic heterocycles. The van der Waals surface area contributed by atoms with Gasteiger partial charge in [-0.1, -0.05) is 48.0 Å². The molecule has 0 unspecified atom stereocenters. The number of hydrogen-bond donors (Lipinski definition) is 1. The standard InChI is InChI=1S/C27H30N4O4/c1-3-35-27(34)23-17-28-31(22-7-5-4-6-8-22)26(23)29-24(32)18-30-15-13-21(14-16-30)25(33)20-11-9-19(2)10-12-20/h4-12,17,21H,3,13-16,18H2,1-2H3,(H,29,32). The summed E-state index contributed by atoms with van der Waals surface area (Å²) in [5.41, 5.74) is 2.79. The Morgan fingerprint density at radius 3 is 2.37 bits per heavy atom. The second-order valence-corrected chi connectivity index (χ2v) is 8.70. The van der Waals surface area contributed by atoms with Crippen molar-refractivity contribution in [1.82, 2.24) is 14.7 Å². The van der Waals surface area contributed by atoms with Crippen molar-refractivity contribution >= 4 is 23.5 Å². The van der Waals surface area contributed by atoms with E-state index in [9.17, 15) is 14.4 Å². The van der Waals surface area contributed by atoms with E-state index in [4.69, 9.17) is 4.74 Å². The number of likely N-dealkylation sites (tertiary alicyclic amines) is 1. The first-order valence-corrected chi connectivity index (χ1v) is 11.9. The van der Waals surface area contributed by atoms with Crippen LogP contribution < -0.4 is 5.32 Å². The minimum Gasteiger partial charge on any atom is -0.462 e. The minimum absolute atomic E-state index is 0.0352. The molecule has 1 fully saturated rings. The zero-order valence-corrected chi connectivity index (χ0v) is 20.1. The van der Waals surface area contributed by atoms with Gasteiger partial charge in [0, 0.05) is 11.5 Å². The summed E-state index contributed by atoms with van der Waals surface area (Å²) in [5.74, 6) is -0.382. The van der Waals surface area contributed by atoms with E-state index in [0.29, 0.717) is 31.6 Å². The van der Waals surface area contributed by atoms with Crippen LogP contribution in [0.25, 0.3) is 5.69 Å². The summed E-state index contributed by atoms with van der Waals surface area (Å²) < 4.78 is 6.67. The predicted octanol–water partition coefficient (Wildman–Crippen LogP) is 3.89. The van der Waals surface area contributed by atoms with E-state index < -0.39 is 5.97 Å². The first-order chi connectivity index (χ1) is 17.0. The van der Waals surface area contributed by atoms with E-state index in [1.54, 1.807) is 6.92 Å². The predicted molar refractivity (Wildman–Crippen MR) is 133 cm³/mol. The number of nitrogens with one attached hydrogen (secondary N) is 1. The van der Waals surface area contributed by atoms with Crippen molar-refractivity contribution in [3.63, 3.8) is 0 Å². The maximum atomic E-state index is 13.0. The van der Waals surface area contributed by atoms with Crippen LogP contribution in [0, 0.1) is 12.8 Å². The minimum atomic E-state index is -0.541. The van der Waals surface area contributed by atoms with Gasteiger partial charge in [-0.3, -0.25) is 14.5 Å². The molecule has 1 aromatic heterocycles. The molecular formula is C27H30N4O4. The number of rotatable bonds is 8. The summed E-state index contributed by atoms with van der Waals surface area (Å²) in [7, 11) is 0. The quantitative estimate of drug-likeness (QED) is 0.393. The number of carbonyl (C=O) groups excluding carboxylic acids is 3. The second kappa shape index (κ2) is 11.1. The molecule has 0 radical (unpaired) electrons. The topological polar surface area (TPSA) is 93.5 Å². The molecule has 2 aromatic carbocycles. The Hall–Kier alpha value is -3.78. The van der Waals surface area contributed by atoms with Crippen LogP contribution in [0.2, 0.25) is 0 Å². The van der Waals surface area contributed by atoms with Gasteiger partial charge in [-0.05, 0) is 51.9 Å². The van der Waals surface area contributed by atoms with Gasteiger partial charge in [0.15, 0.2) is 11.6 Å². The lowest BCUT2D eigenvalue weighted by molar-refractivity contribution is -0.117. The number of amides is 1. The first-order valence-electron chi connectivity index (χ1n) is 11.9. The number of carbonyl (C=O) groups is 3. The van der Waals surface area contributed by atoms with E-state index in [1.807, 2.05) is 66.4 Å². The van der Waals surface area contributed by atoms with E-state index in [-0.39, 0.29) is 42.1 Å². The first kappa shape index (κ1) is 24.3. The number of piperidine rings is 1. The van der Waals surface area contributed by atoms with E-state index in [1.165, 1.54) is 10.9 Å². The monoisotopic (exact) mass is 474 g/mol. The molecule has 0 aliphatic carbocycles. The molecule has 0 saturated carbocycles. The lowest BCUT2D eigenvalue weighted by Crippen LogP contribution is -2.41. The van der Waals surface area contributed by atoms with Crippen molar-refractivity contribution in [3.05, 3.63) is 77.5 Å². The third kappa shape index (κ3) is 5.84. The highest BCUT2D eigenvalue weighted by atomic mass is 16.5. The Bertz CT molecular complexity index is 1180. The van der Waals surface area contributed by atoms with Crippen molar-refractivity contribution in [2.24, 2.45) is 5.92 Å². The maximum Gasteiger partial charge on any atom is 0.343 e. The van der Waals surface area contributed by atoms with Crippen molar-refractivity contribution in [2.75, 3.05) is 31.6 Å². The van der Waals surface area contributed by atoms with E-state index >= 15 is 0 Å². The number of nitrogens with zero attached hydrogens (tertiary/aromatic N) is 3. The van der Waals surface area contributed by atoms with Crippen molar-refractivity contribution in [3.8, 4) is 5.69 Å². The number of ether oxygens (including phenoxy) is 1. The fourth-order valence-corrected chi connectivity index (χ4v) is 4.27. The molecule has 1 amide bonds. The van der Waals surface area contributed by atoms with Crippen LogP contribution in [0.1, 0.15) is 46.0 Å². The highest BCUT2D eigenvalue weighted by molar-refractivity contribution is 6.01.